The van der Waals surface area contributed by atoms with Crippen molar-refractivity contribution in [3.05, 3.63) is 11.1 Å². The van der Waals surface area contributed by atoms with Gasteiger partial charge in [0.25, 0.3) is 0 Å². The number of hydrogen-bond acceptors (Lipinski definition) is 4. The Morgan fingerprint density at radius 3 is 1.94 bits per heavy atom. The smallest absolute Gasteiger partial charge is 0.370 e. The molecule has 0 N–H and O–H groups in total. The molecule has 0 atom stereocenters. The Morgan fingerprint density at radius 2 is 1.50 bits per heavy atom. The second kappa shape index (κ2) is 3.92. The number of nitrogens with zero attached hydrogens (tertiary/aromatic N) is 3. The van der Waals surface area contributed by atoms with Crippen molar-refractivity contribution in [3.63, 3.8) is 0 Å². The summed E-state index contributed by atoms with van der Waals surface area (Å²) in [5.74, 6) is -1.87. The maximum atomic E-state index is 12.0. The van der Waals surface area contributed by atoms with E-state index in [-0.39, 0.29) is 0 Å². The van der Waals surface area contributed by atoms with Crippen molar-refractivity contribution < 1.29 is 31.1 Å². The Kier molecular flexibility index (Phi) is 3.13. The number of halogens is 7. The monoisotopic (exact) mass is 267 g/mol. The van der Waals surface area contributed by atoms with Crippen LogP contribution in [0.15, 0.2) is 0 Å². The summed E-state index contributed by atoms with van der Waals surface area (Å²) in [6.45, 7) is 0. The van der Waals surface area contributed by atoms with Gasteiger partial charge in [0.2, 0.25) is 11.1 Å². The van der Waals surface area contributed by atoms with Crippen LogP contribution in [0.25, 0.3) is 0 Å². The fraction of sp³-hybridized carbons (Fsp3) is 0.400. The molecule has 0 aliphatic carbocycles. The molecule has 0 unspecified atom stereocenters. The minimum atomic E-state index is -5.21. The van der Waals surface area contributed by atoms with Crippen LogP contribution in [0, 0.1) is 0 Å². The lowest BCUT2D eigenvalue weighted by Crippen LogP contribution is -2.21. The topological polar surface area (TPSA) is 47.9 Å². The first-order valence-corrected chi connectivity index (χ1v) is 3.70. The Balaban J connectivity index is 3.09. The van der Waals surface area contributed by atoms with Gasteiger partial charge in [-0.15, -0.1) is 13.2 Å². The highest BCUT2D eigenvalue weighted by Crippen LogP contribution is 2.28. The summed E-state index contributed by atoms with van der Waals surface area (Å²) < 4.78 is 74.1. The SMILES string of the molecule is FC(F)(F)Oc1nc(Cl)nc(C(F)(F)F)n1. The zero-order chi connectivity index (χ0) is 12.6. The van der Waals surface area contributed by atoms with E-state index in [0.29, 0.717) is 0 Å². The van der Waals surface area contributed by atoms with Crippen LogP contribution in [0.3, 0.4) is 0 Å². The van der Waals surface area contributed by atoms with Crippen LogP contribution in [-0.4, -0.2) is 21.3 Å². The number of aromatic nitrogens is 3. The Bertz CT molecular complexity index is 391. The predicted molar refractivity (Wildman–Crippen MR) is 36.5 cm³/mol. The zero-order valence-corrected chi connectivity index (χ0v) is 7.65. The largest absolute Gasteiger partial charge is 0.575 e. The number of ether oxygens (including phenoxy) is 1. The lowest BCUT2D eigenvalue weighted by atomic mass is 10.6. The first kappa shape index (κ1) is 12.7. The molecular weight excluding hydrogens is 268 g/mol. The molecule has 0 fully saturated rings. The standard InChI is InChI=1S/C5ClF6N3O/c6-2-13-1(4(7,8)9)14-3(15-2)16-5(10,11)12. The third-order valence-corrected chi connectivity index (χ3v) is 1.22. The molecule has 0 spiro atoms. The third-order valence-electron chi connectivity index (χ3n) is 1.05. The average molecular weight is 268 g/mol. The Morgan fingerprint density at radius 1 is 0.938 bits per heavy atom. The molecule has 1 aromatic heterocycles. The van der Waals surface area contributed by atoms with Crippen LogP contribution in [-0.2, 0) is 6.18 Å². The van der Waals surface area contributed by atoms with E-state index in [9.17, 15) is 26.3 Å². The van der Waals surface area contributed by atoms with Gasteiger partial charge >= 0.3 is 18.5 Å². The highest BCUT2D eigenvalue weighted by molar-refractivity contribution is 6.28. The average Bonchev–Trinajstić information content (AvgIpc) is 1.97. The molecule has 16 heavy (non-hydrogen) atoms. The summed E-state index contributed by atoms with van der Waals surface area (Å²) in [5.41, 5.74) is 0. The highest BCUT2D eigenvalue weighted by Gasteiger charge is 2.38. The fourth-order valence-corrected chi connectivity index (χ4v) is 0.760. The molecule has 90 valence electrons. The molecule has 0 aliphatic heterocycles. The Labute approximate surface area is 88.2 Å². The van der Waals surface area contributed by atoms with Crippen molar-refractivity contribution in [1.82, 2.24) is 15.0 Å². The van der Waals surface area contributed by atoms with Crippen molar-refractivity contribution >= 4 is 11.6 Å². The first-order valence-electron chi connectivity index (χ1n) is 3.32. The van der Waals surface area contributed by atoms with E-state index in [1.54, 1.807) is 0 Å². The van der Waals surface area contributed by atoms with Gasteiger partial charge in [-0.05, 0) is 11.6 Å². The molecule has 11 heteroatoms. The summed E-state index contributed by atoms with van der Waals surface area (Å²) in [5, 5.41) is -1.05. The zero-order valence-electron chi connectivity index (χ0n) is 6.90. The number of hydrogen-bond donors (Lipinski definition) is 0. The molecule has 0 radical (unpaired) electrons. The van der Waals surface area contributed by atoms with E-state index in [0.717, 1.165) is 0 Å². The molecule has 1 rings (SSSR count). The van der Waals surface area contributed by atoms with Gasteiger partial charge in [0.15, 0.2) is 0 Å². The van der Waals surface area contributed by atoms with Gasteiger partial charge in [0, 0.05) is 0 Å². The van der Waals surface area contributed by atoms with Crippen molar-refractivity contribution in [2.75, 3.05) is 0 Å². The van der Waals surface area contributed by atoms with Gasteiger partial charge in [0.1, 0.15) is 0 Å². The van der Waals surface area contributed by atoms with Gasteiger partial charge in [-0.25, -0.2) is 0 Å². The second-order valence-electron chi connectivity index (χ2n) is 2.26. The van der Waals surface area contributed by atoms with Crippen LogP contribution < -0.4 is 4.74 Å². The molecule has 0 bridgehead atoms. The van der Waals surface area contributed by atoms with E-state index >= 15 is 0 Å². The molecule has 0 aromatic carbocycles. The predicted octanol–water partition coefficient (Wildman–Crippen LogP) is 2.44. The molecule has 0 aliphatic rings. The van der Waals surface area contributed by atoms with E-state index in [4.69, 9.17) is 11.6 Å². The van der Waals surface area contributed by atoms with Crippen molar-refractivity contribution in [2.45, 2.75) is 12.5 Å². The fourth-order valence-electron chi connectivity index (χ4n) is 0.608. The minimum absolute atomic E-state index is 1.05. The summed E-state index contributed by atoms with van der Waals surface area (Å²) in [7, 11) is 0. The number of rotatable bonds is 1. The summed E-state index contributed by atoms with van der Waals surface area (Å²) in [6.07, 6.45) is -10.3. The van der Waals surface area contributed by atoms with Gasteiger partial charge in [-0.1, -0.05) is 0 Å². The summed E-state index contributed by atoms with van der Waals surface area (Å²) in [4.78, 5) is 7.76. The van der Waals surface area contributed by atoms with Gasteiger partial charge in [-0.2, -0.15) is 28.1 Å². The van der Waals surface area contributed by atoms with Gasteiger partial charge < -0.3 is 4.74 Å². The van der Waals surface area contributed by atoms with E-state index in [2.05, 4.69) is 19.7 Å². The third kappa shape index (κ3) is 3.68. The molecular formula is C5ClF6N3O. The van der Waals surface area contributed by atoms with Crippen LogP contribution in [0.1, 0.15) is 5.82 Å². The van der Waals surface area contributed by atoms with E-state index < -0.39 is 29.7 Å². The number of alkyl halides is 6. The van der Waals surface area contributed by atoms with Crippen LogP contribution in [0.2, 0.25) is 5.28 Å². The quantitative estimate of drug-likeness (QED) is 0.733. The lowest BCUT2D eigenvalue weighted by molar-refractivity contribution is -0.278. The molecule has 0 saturated heterocycles. The molecule has 0 amide bonds. The van der Waals surface area contributed by atoms with Gasteiger partial charge in [0.05, 0.1) is 0 Å². The Hall–Kier alpha value is -1.32. The van der Waals surface area contributed by atoms with Gasteiger partial charge in [-0.3, -0.25) is 0 Å². The lowest BCUT2D eigenvalue weighted by Gasteiger charge is -2.09. The maximum absolute atomic E-state index is 12.0. The first-order chi connectivity index (χ1) is 7.08. The van der Waals surface area contributed by atoms with Crippen molar-refractivity contribution in [3.8, 4) is 6.01 Å². The van der Waals surface area contributed by atoms with E-state index in [1.165, 1.54) is 0 Å². The molecule has 0 saturated carbocycles. The highest BCUT2D eigenvalue weighted by atomic mass is 35.5. The van der Waals surface area contributed by atoms with Crippen molar-refractivity contribution in [1.29, 1.82) is 0 Å². The van der Waals surface area contributed by atoms with Crippen molar-refractivity contribution in [2.24, 2.45) is 0 Å². The molecule has 4 nitrogen and oxygen atoms in total. The van der Waals surface area contributed by atoms with Crippen LogP contribution >= 0.6 is 11.6 Å². The normalized spacial score (nSPS) is 12.7. The summed E-state index contributed by atoms with van der Waals surface area (Å²) >= 11 is 4.98. The van der Waals surface area contributed by atoms with Crippen LogP contribution in [0.4, 0.5) is 26.3 Å². The maximum Gasteiger partial charge on any atom is 0.575 e. The second-order valence-corrected chi connectivity index (χ2v) is 2.59. The molecule has 1 heterocycles. The molecule has 1 aromatic rings. The van der Waals surface area contributed by atoms with Crippen LogP contribution in [0.5, 0.6) is 6.01 Å². The van der Waals surface area contributed by atoms with E-state index in [1.807, 2.05) is 0 Å². The minimum Gasteiger partial charge on any atom is -0.370 e. The summed E-state index contributed by atoms with van der Waals surface area (Å²) in [6, 6.07) is -1.57.